The van der Waals surface area contributed by atoms with Crippen LogP contribution < -0.4 is 5.32 Å². The molecule has 1 amide bonds. The maximum Gasteiger partial charge on any atom is 0.254 e. The number of hydrogen-bond acceptors (Lipinski definition) is 4. The van der Waals surface area contributed by atoms with Crippen LogP contribution in [0.3, 0.4) is 0 Å². The predicted octanol–water partition coefficient (Wildman–Crippen LogP) is 4.25. The summed E-state index contributed by atoms with van der Waals surface area (Å²) in [4.78, 5) is 25.5. The number of ketones is 1. The van der Waals surface area contributed by atoms with Crippen LogP contribution in [0.1, 0.15) is 30.5 Å². The molecule has 3 nitrogen and oxygen atoms in total. The van der Waals surface area contributed by atoms with Crippen LogP contribution in [-0.2, 0) is 6.54 Å². The monoisotopic (exact) mass is 363 g/mol. The molecule has 3 rings (SSSR count). The zero-order valence-electron chi connectivity index (χ0n) is 12.2. The van der Waals surface area contributed by atoms with E-state index in [4.69, 9.17) is 0 Å². The molecule has 0 aliphatic carbocycles. The third-order valence-corrected chi connectivity index (χ3v) is 5.03. The van der Waals surface area contributed by atoms with Crippen molar-refractivity contribution < 1.29 is 18.4 Å². The van der Waals surface area contributed by atoms with Gasteiger partial charge in [0.25, 0.3) is 5.91 Å². The molecule has 122 valence electrons. The summed E-state index contributed by atoms with van der Waals surface area (Å²) in [5.74, 6) is -2.35. The number of carbonyl (C=O) groups excluding carboxylic acids is 2. The molecule has 0 fully saturated rings. The van der Waals surface area contributed by atoms with Gasteiger partial charge in [-0.2, -0.15) is 11.3 Å². The van der Waals surface area contributed by atoms with Crippen molar-refractivity contribution in [3.8, 4) is 0 Å². The third kappa shape index (κ3) is 3.58. The lowest BCUT2D eigenvalue weighted by Gasteiger charge is -2.04. The molecule has 0 aliphatic heterocycles. The van der Waals surface area contributed by atoms with E-state index in [1.807, 2.05) is 5.38 Å². The second-order valence-corrected chi connectivity index (χ2v) is 6.86. The molecule has 0 unspecified atom stereocenters. The van der Waals surface area contributed by atoms with Gasteiger partial charge in [0, 0.05) is 21.9 Å². The second-order valence-electron chi connectivity index (χ2n) is 4.91. The minimum Gasteiger partial charge on any atom is -0.347 e. The SMILES string of the molecule is O=C(c1ccsc1)c1ccc(CNC(=O)c2ccc(F)cc2F)s1. The molecule has 0 bridgehead atoms. The van der Waals surface area contributed by atoms with Crippen LogP contribution in [0.25, 0.3) is 0 Å². The van der Waals surface area contributed by atoms with Gasteiger partial charge in [-0.3, -0.25) is 9.59 Å². The molecule has 3 aromatic rings. The molecule has 7 heteroatoms. The van der Waals surface area contributed by atoms with E-state index >= 15 is 0 Å². The van der Waals surface area contributed by atoms with Crippen LogP contribution in [-0.4, -0.2) is 11.7 Å². The standard InChI is InChI=1S/C17H11F2NO2S2/c18-11-1-3-13(14(19)7-11)17(22)20-8-12-2-4-15(24-12)16(21)10-5-6-23-9-10/h1-7,9H,8H2,(H,20,22). The molecule has 0 saturated heterocycles. The molecular formula is C17H11F2NO2S2. The van der Waals surface area contributed by atoms with Crippen LogP contribution in [0, 0.1) is 11.6 Å². The molecule has 1 aromatic carbocycles. The zero-order valence-corrected chi connectivity index (χ0v) is 13.8. The quantitative estimate of drug-likeness (QED) is 0.689. The fraction of sp³-hybridized carbons (Fsp3) is 0.0588. The van der Waals surface area contributed by atoms with E-state index in [0.717, 1.165) is 17.0 Å². The first-order valence-electron chi connectivity index (χ1n) is 6.93. The lowest BCUT2D eigenvalue weighted by Crippen LogP contribution is -2.23. The van der Waals surface area contributed by atoms with Gasteiger partial charge in [0.2, 0.25) is 5.78 Å². The fourth-order valence-electron chi connectivity index (χ4n) is 2.07. The average Bonchev–Trinajstić information content (AvgIpc) is 3.24. The molecular weight excluding hydrogens is 352 g/mol. The van der Waals surface area contributed by atoms with Crippen LogP contribution in [0.2, 0.25) is 0 Å². The van der Waals surface area contributed by atoms with Crippen molar-refractivity contribution in [1.29, 1.82) is 0 Å². The van der Waals surface area contributed by atoms with E-state index in [9.17, 15) is 18.4 Å². The first-order chi connectivity index (χ1) is 11.5. The van der Waals surface area contributed by atoms with Gasteiger partial charge in [-0.1, -0.05) is 0 Å². The van der Waals surface area contributed by atoms with Crippen molar-refractivity contribution in [2.24, 2.45) is 0 Å². The van der Waals surface area contributed by atoms with E-state index in [0.29, 0.717) is 16.5 Å². The van der Waals surface area contributed by atoms with Gasteiger partial charge < -0.3 is 5.32 Å². The highest BCUT2D eigenvalue weighted by Crippen LogP contribution is 2.21. The summed E-state index contributed by atoms with van der Waals surface area (Å²) in [6, 6.07) is 7.99. The summed E-state index contributed by atoms with van der Waals surface area (Å²) in [5.41, 5.74) is 0.411. The fourth-order valence-corrected chi connectivity index (χ4v) is 3.61. The summed E-state index contributed by atoms with van der Waals surface area (Å²) in [6.07, 6.45) is 0. The number of carbonyl (C=O) groups is 2. The maximum absolute atomic E-state index is 13.6. The van der Waals surface area contributed by atoms with Crippen molar-refractivity contribution in [2.75, 3.05) is 0 Å². The van der Waals surface area contributed by atoms with Crippen LogP contribution in [0.15, 0.2) is 47.2 Å². The van der Waals surface area contributed by atoms with Gasteiger partial charge in [0.1, 0.15) is 11.6 Å². The maximum atomic E-state index is 13.6. The predicted molar refractivity (Wildman–Crippen MR) is 89.6 cm³/mol. The molecule has 0 atom stereocenters. The number of nitrogens with one attached hydrogen (secondary N) is 1. The van der Waals surface area contributed by atoms with Crippen molar-refractivity contribution in [1.82, 2.24) is 5.32 Å². The number of amides is 1. The topological polar surface area (TPSA) is 46.2 Å². The third-order valence-electron chi connectivity index (χ3n) is 3.27. The Labute approximate surface area is 144 Å². The first-order valence-corrected chi connectivity index (χ1v) is 8.69. The molecule has 0 radical (unpaired) electrons. The summed E-state index contributed by atoms with van der Waals surface area (Å²) in [6.45, 7) is 0.164. The summed E-state index contributed by atoms with van der Waals surface area (Å²) >= 11 is 2.72. The molecule has 0 aliphatic rings. The molecule has 2 heterocycles. The second kappa shape index (κ2) is 7.02. The number of rotatable bonds is 5. The molecule has 2 aromatic heterocycles. The molecule has 0 spiro atoms. The minimum atomic E-state index is -0.910. The Hall–Kier alpha value is -2.38. The van der Waals surface area contributed by atoms with Crippen molar-refractivity contribution in [3.63, 3.8) is 0 Å². The Kier molecular flexibility index (Phi) is 4.82. The number of thiophene rings is 2. The summed E-state index contributed by atoms with van der Waals surface area (Å²) < 4.78 is 26.4. The van der Waals surface area contributed by atoms with Crippen LogP contribution in [0.4, 0.5) is 8.78 Å². The van der Waals surface area contributed by atoms with E-state index in [1.165, 1.54) is 22.7 Å². The van der Waals surface area contributed by atoms with E-state index in [1.54, 1.807) is 23.6 Å². The Balaban J connectivity index is 1.65. The summed E-state index contributed by atoms with van der Waals surface area (Å²) in [5, 5.41) is 6.17. The Bertz CT molecular complexity index is 888. The number of halogens is 2. The normalized spacial score (nSPS) is 10.6. The van der Waals surface area contributed by atoms with Gasteiger partial charge in [0.05, 0.1) is 17.0 Å². The van der Waals surface area contributed by atoms with Crippen molar-refractivity contribution >= 4 is 34.4 Å². The van der Waals surface area contributed by atoms with E-state index < -0.39 is 17.5 Å². The van der Waals surface area contributed by atoms with Gasteiger partial charge in [0.15, 0.2) is 0 Å². The van der Waals surface area contributed by atoms with Gasteiger partial charge >= 0.3 is 0 Å². The zero-order chi connectivity index (χ0) is 17.1. The highest BCUT2D eigenvalue weighted by atomic mass is 32.1. The van der Waals surface area contributed by atoms with Gasteiger partial charge in [-0.15, -0.1) is 11.3 Å². The van der Waals surface area contributed by atoms with E-state index in [2.05, 4.69) is 5.32 Å². The smallest absolute Gasteiger partial charge is 0.254 e. The highest BCUT2D eigenvalue weighted by Gasteiger charge is 2.15. The molecule has 0 saturated carbocycles. The first kappa shape index (κ1) is 16.5. The summed E-state index contributed by atoms with van der Waals surface area (Å²) in [7, 11) is 0. The van der Waals surface area contributed by atoms with Gasteiger partial charge in [-0.05, 0) is 35.7 Å². The van der Waals surface area contributed by atoms with E-state index in [-0.39, 0.29) is 17.9 Å². The van der Waals surface area contributed by atoms with Crippen LogP contribution >= 0.6 is 22.7 Å². The molecule has 24 heavy (non-hydrogen) atoms. The lowest BCUT2D eigenvalue weighted by molar-refractivity contribution is 0.0946. The molecule has 1 N–H and O–H groups in total. The Morgan fingerprint density at radius 1 is 1.08 bits per heavy atom. The average molecular weight is 363 g/mol. The minimum absolute atomic E-state index is 0.0663. The largest absolute Gasteiger partial charge is 0.347 e. The van der Waals surface area contributed by atoms with Crippen molar-refractivity contribution in [3.05, 3.63) is 79.7 Å². The number of hydrogen-bond donors (Lipinski definition) is 1. The Morgan fingerprint density at radius 3 is 2.62 bits per heavy atom. The number of benzene rings is 1. The highest BCUT2D eigenvalue weighted by molar-refractivity contribution is 7.14. The van der Waals surface area contributed by atoms with Crippen molar-refractivity contribution in [2.45, 2.75) is 6.54 Å². The Morgan fingerprint density at radius 2 is 1.92 bits per heavy atom. The van der Waals surface area contributed by atoms with Gasteiger partial charge in [-0.25, -0.2) is 8.78 Å². The van der Waals surface area contributed by atoms with Crippen LogP contribution in [0.5, 0.6) is 0 Å². The lowest BCUT2D eigenvalue weighted by atomic mass is 10.2.